The van der Waals surface area contributed by atoms with Crippen LogP contribution >= 0.6 is 0 Å². The lowest BCUT2D eigenvalue weighted by molar-refractivity contribution is -0.139. The van der Waals surface area contributed by atoms with Gasteiger partial charge in [0.05, 0.1) is 5.25 Å². The van der Waals surface area contributed by atoms with Crippen molar-refractivity contribution in [2.24, 2.45) is 5.92 Å². The van der Waals surface area contributed by atoms with Gasteiger partial charge in [0.1, 0.15) is 0 Å². The highest BCUT2D eigenvalue weighted by Gasteiger charge is 2.52. The van der Waals surface area contributed by atoms with Gasteiger partial charge in [-0.05, 0) is 38.5 Å². The first kappa shape index (κ1) is 14.9. The Morgan fingerprint density at radius 1 is 0.909 bits per heavy atom. The van der Waals surface area contributed by atoms with Gasteiger partial charge in [0, 0.05) is 44.3 Å². The van der Waals surface area contributed by atoms with E-state index in [-0.39, 0.29) is 29.2 Å². The fourth-order valence-electron chi connectivity index (χ4n) is 4.27. The molecule has 22 heavy (non-hydrogen) atoms. The van der Waals surface area contributed by atoms with Crippen LogP contribution in [0, 0.1) is 5.92 Å². The Balaban J connectivity index is 1.47. The number of ether oxygens (including phenoxy) is 1. The summed E-state index contributed by atoms with van der Waals surface area (Å²) < 4.78 is 32.1. The number of carbonyl (C=O) groups is 1. The average Bonchev–Trinajstić information content (AvgIpc) is 3.18. The largest absolute Gasteiger partial charge is 0.381 e. The van der Waals surface area contributed by atoms with Crippen LogP contribution < -0.4 is 0 Å². The van der Waals surface area contributed by atoms with Gasteiger partial charge in [0.15, 0.2) is 0 Å². The predicted octanol–water partition coefficient (Wildman–Crippen LogP) is 0.580. The highest BCUT2D eigenvalue weighted by atomic mass is 32.2. The number of amides is 1. The molecule has 0 unspecified atom stereocenters. The van der Waals surface area contributed by atoms with E-state index in [1.54, 1.807) is 4.31 Å². The second kappa shape index (κ2) is 5.46. The van der Waals surface area contributed by atoms with E-state index < -0.39 is 10.0 Å². The van der Waals surface area contributed by atoms with Crippen LogP contribution in [0.15, 0.2) is 0 Å². The maximum absolute atomic E-state index is 12.7. The Bertz CT molecular complexity index is 554. The molecule has 4 fully saturated rings. The normalized spacial score (nSPS) is 34.1. The van der Waals surface area contributed by atoms with Gasteiger partial charge in [-0.3, -0.25) is 4.79 Å². The van der Waals surface area contributed by atoms with Crippen LogP contribution in [-0.2, 0) is 19.6 Å². The Morgan fingerprint density at radius 2 is 1.59 bits per heavy atom. The molecule has 1 aliphatic carbocycles. The van der Waals surface area contributed by atoms with Crippen molar-refractivity contribution in [3.63, 3.8) is 0 Å². The number of likely N-dealkylation sites (tertiary alicyclic amines) is 1. The number of hydrogen-bond acceptors (Lipinski definition) is 4. The highest BCUT2D eigenvalue weighted by molar-refractivity contribution is 7.90. The van der Waals surface area contributed by atoms with Crippen molar-refractivity contribution >= 4 is 15.9 Å². The summed E-state index contributed by atoms with van der Waals surface area (Å²) in [6.45, 7) is 2.63. The second-order valence-corrected chi connectivity index (χ2v) is 9.15. The molecule has 3 aliphatic heterocycles. The first-order chi connectivity index (χ1) is 10.6. The molecule has 1 amide bonds. The van der Waals surface area contributed by atoms with Crippen molar-refractivity contribution < 1.29 is 17.9 Å². The monoisotopic (exact) mass is 328 g/mol. The Morgan fingerprint density at radius 3 is 2.27 bits per heavy atom. The maximum atomic E-state index is 12.7. The van der Waals surface area contributed by atoms with Gasteiger partial charge in [0.2, 0.25) is 15.9 Å². The fourth-order valence-corrected chi connectivity index (χ4v) is 6.37. The minimum Gasteiger partial charge on any atom is -0.381 e. The van der Waals surface area contributed by atoms with E-state index in [9.17, 15) is 13.2 Å². The molecule has 7 heteroatoms. The Kier molecular flexibility index (Phi) is 3.70. The topological polar surface area (TPSA) is 66.9 Å². The Labute approximate surface area is 131 Å². The van der Waals surface area contributed by atoms with Crippen molar-refractivity contribution in [2.45, 2.75) is 55.9 Å². The molecule has 6 nitrogen and oxygen atoms in total. The van der Waals surface area contributed by atoms with E-state index in [0.29, 0.717) is 26.3 Å². The molecule has 0 bridgehead atoms. The molecular weight excluding hydrogens is 304 g/mol. The second-order valence-electron chi connectivity index (χ2n) is 6.99. The van der Waals surface area contributed by atoms with E-state index in [2.05, 4.69) is 0 Å². The quantitative estimate of drug-likeness (QED) is 0.760. The van der Waals surface area contributed by atoms with Crippen LogP contribution in [0.3, 0.4) is 0 Å². The fraction of sp³-hybridized carbons (Fsp3) is 0.933. The van der Waals surface area contributed by atoms with Gasteiger partial charge >= 0.3 is 0 Å². The molecular formula is C15H24N2O4S. The molecule has 3 heterocycles. The van der Waals surface area contributed by atoms with Gasteiger partial charge in [0.25, 0.3) is 0 Å². The van der Waals surface area contributed by atoms with E-state index in [1.807, 2.05) is 4.90 Å². The molecule has 3 saturated heterocycles. The first-order valence-corrected chi connectivity index (χ1v) is 9.98. The van der Waals surface area contributed by atoms with Crippen molar-refractivity contribution in [1.29, 1.82) is 0 Å². The van der Waals surface area contributed by atoms with Crippen LogP contribution in [0.5, 0.6) is 0 Å². The lowest BCUT2D eigenvalue weighted by Gasteiger charge is -2.30. The molecule has 1 saturated carbocycles. The summed E-state index contributed by atoms with van der Waals surface area (Å²) in [5.74, 6) is 0.294. The molecule has 0 aromatic carbocycles. The third-order valence-electron chi connectivity index (χ3n) is 5.65. The predicted molar refractivity (Wildman–Crippen MR) is 80.7 cm³/mol. The summed E-state index contributed by atoms with van der Waals surface area (Å²) in [6, 6.07) is 0.123. The molecule has 124 valence electrons. The molecule has 2 atom stereocenters. The Hall–Kier alpha value is -0.660. The average molecular weight is 328 g/mol. The van der Waals surface area contributed by atoms with Crippen molar-refractivity contribution in [1.82, 2.24) is 9.21 Å². The summed E-state index contributed by atoms with van der Waals surface area (Å²) in [5.41, 5.74) is 0. The minimum atomic E-state index is -3.12. The summed E-state index contributed by atoms with van der Waals surface area (Å²) in [7, 11) is -3.12. The number of hydrogen-bond donors (Lipinski definition) is 0. The zero-order valence-corrected chi connectivity index (χ0v) is 13.6. The molecule has 0 aromatic heterocycles. The number of rotatable bonds is 3. The lowest BCUT2D eigenvalue weighted by Crippen LogP contribution is -2.44. The number of carbonyl (C=O) groups excluding carboxylic acids is 1. The van der Waals surface area contributed by atoms with Gasteiger partial charge in [-0.15, -0.1) is 0 Å². The zero-order valence-electron chi connectivity index (χ0n) is 12.8. The van der Waals surface area contributed by atoms with Gasteiger partial charge in [-0.25, -0.2) is 8.42 Å². The zero-order chi connectivity index (χ0) is 15.3. The maximum Gasteiger partial charge on any atom is 0.226 e. The van der Waals surface area contributed by atoms with Gasteiger partial charge in [-0.1, -0.05) is 0 Å². The van der Waals surface area contributed by atoms with Crippen LogP contribution in [-0.4, -0.2) is 67.2 Å². The molecule has 4 aliphatic rings. The standard InChI is InChI=1S/C15H24N2O4S/c18-15(11-5-9-21-10-6-11)16-7-3-14-13(16)4-8-17(14)22(19,20)12-1-2-12/h11-14H,1-10H2/t13-,14+/m1/s1. The van der Waals surface area contributed by atoms with Gasteiger partial charge < -0.3 is 9.64 Å². The van der Waals surface area contributed by atoms with E-state index in [0.717, 1.165) is 38.5 Å². The third-order valence-corrected chi connectivity index (χ3v) is 8.07. The van der Waals surface area contributed by atoms with Crippen molar-refractivity contribution in [3.8, 4) is 0 Å². The molecule has 4 rings (SSSR count). The summed E-state index contributed by atoms with van der Waals surface area (Å²) in [6.07, 6.45) is 4.81. The number of nitrogens with zero attached hydrogens (tertiary/aromatic N) is 2. The number of sulfonamides is 1. The van der Waals surface area contributed by atoms with Crippen LogP contribution in [0.4, 0.5) is 0 Å². The molecule has 0 aromatic rings. The van der Waals surface area contributed by atoms with Crippen molar-refractivity contribution in [2.75, 3.05) is 26.3 Å². The SMILES string of the molecule is O=C(C1CCOCC1)N1CC[C@H]2[C@H]1CCN2S(=O)(=O)C1CC1. The highest BCUT2D eigenvalue weighted by Crippen LogP contribution is 2.40. The minimum absolute atomic E-state index is 0.0226. The summed E-state index contributed by atoms with van der Waals surface area (Å²) in [4.78, 5) is 14.7. The van der Waals surface area contributed by atoms with E-state index in [4.69, 9.17) is 4.74 Å². The van der Waals surface area contributed by atoms with Crippen LogP contribution in [0.2, 0.25) is 0 Å². The van der Waals surface area contributed by atoms with Crippen molar-refractivity contribution in [3.05, 3.63) is 0 Å². The molecule has 0 radical (unpaired) electrons. The summed E-state index contributed by atoms with van der Waals surface area (Å²) >= 11 is 0. The van der Waals surface area contributed by atoms with Crippen LogP contribution in [0.25, 0.3) is 0 Å². The van der Waals surface area contributed by atoms with E-state index >= 15 is 0 Å². The first-order valence-electron chi connectivity index (χ1n) is 8.48. The van der Waals surface area contributed by atoms with Gasteiger partial charge in [-0.2, -0.15) is 4.31 Å². The summed E-state index contributed by atoms with van der Waals surface area (Å²) in [5, 5.41) is -0.147. The number of fused-ring (bicyclic) bond motifs is 1. The molecule has 0 spiro atoms. The molecule has 0 N–H and O–H groups in total. The lowest BCUT2D eigenvalue weighted by atomic mass is 9.98. The van der Waals surface area contributed by atoms with Crippen LogP contribution in [0.1, 0.15) is 38.5 Å². The third kappa shape index (κ3) is 2.37. The van der Waals surface area contributed by atoms with E-state index in [1.165, 1.54) is 0 Å². The smallest absolute Gasteiger partial charge is 0.226 e.